The van der Waals surface area contributed by atoms with Crippen LogP contribution in [0.5, 0.6) is 17.2 Å². The van der Waals surface area contributed by atoms with Crippen LogP contribution in [0.2, 0.25) is 0 Å². The molecule has 1 aromatic carbocycles. The van der Waals surface area contributed by atoms with Crippen molar-refractivity contribution in [3.05, 3.63) is 47.8 Å². The van der Waals surface area contributed by atoms with Gasteiger partial charge in [0, 0.05) is 18.2 Å². The maximum Gasteiger partial charge on any atom is 0.573 e. The van der Waals surface area contributed by atoms with E-state index in [1.807, 2.05) is 13.8 Å². The summed E-state index contributed by atoms with van der Waals surface area (Å²) in [6, 6.07) is 5.67. The zero-order chi connectivity index (χ0) is 25.6. The molecule has 0 radical (unpaired) electrons. The molecular formula is C23H27F3N2O6. The highest BCUT2D eigenvalue weighted by atomic mass is 19.4. The van der Waals surface area contributed by atoms with Crippen LogP contribution in [-0.2, 0) is 9.53 Å². The Morgan fingerprint density at radius 2 is 1.68 bits per heavy atom. The lowest BCUT2D eigenvalue weighted by Crippen LogP contribution is -2.42. The number of nitrogens with zero attached hydrogens (tertiary/aromatic N) is 1. The fourth-order valence-electron chi connectivity index (χ4n) is 3.54. The van der Waals surface area contributed by atoms with Crippen molar-refractivity contribution in [3.8, 4) is 17.2 Å². The summed E-state index contributed by atoms with van der Waals surface area (Å²) in [6.07, 6.45) is -4.18. The van der Waals surface area contributed by atoms with Gasteiger partial charge in [0.25, 0.3) is 5.91 Å². The highest BCUT2D eigenvalue weighted by Gasteiger charge is 2.32. The number of methoxy groups -OCH3 is 1. The highest BCUT2D eigenvalue weighted by molar-refractivity contribution is 5.97. The zero-order valence-corrected chi connectivity index (χ0v) is 19.3. The van der Waals surface area contributed by atoms with Crippen molar-refractivity contribution in [2.24, 2.45) is 5.92 Å². The lowest BCUT2D eigenvalue weighted by Gasteiger charge is -2.29. The first-order chi connectivity index (χ1) is 15.8. The predicted octanol–water partition coefficient (Wildman–Crippen LogP) is 4.18. The Balaban J connectivity index is 2.07. The van der Waals surface area contributed by atoms with E-state index in [-0.39, 0.29) is 29.0 Å². The topological polar surface area (TPSA) is 107 Å². The van der Waals surface area contributed by atoms with Crippen LogP contribution < -0.4 is 14.8 Å². The molecule has 0 saturated heterocycles. The van der Waals surface area contributed by atoms with E-state index >= 15 is 0 Å². The number of hydrogen-bond donors (Lipinski definition) is 2. The predicted molar refractivity (Wildman–Crippen MR) is 116 cm³/mol. The molecule has 2 aromatic rings. The van der Waals surface area contributed by atoms with Gasteiger partial charge in [-0.05, 0) is 37.5 Å². The first kappa shape index (κ1) is 26.7. The summed E-state index contributed by atoms with van der Waals surface area (Å²) >= 11 is 0. The molecule has 0 aliphatic heterocycles. The maximum absolute atomic E-state index is 12.6. The lowest BCUT2D eigenvalue weighted by molar-refractivity contribution is -0.274. The van der Waals surface area contributed by atoms with Gasteiger partial charge in [0.2, 0.25) is 0 Å². The summed E-state index contributed by atoms with van der Waals surface area (Å²) in [5.41, 5.74) is 0.347. The molecule has 2 N–H and O–H groups in total. The summed E-state index contributed by atoms with van der Waals surface area (Å²) in [4.78, 5) is 28.9. The Labute approximate surface area is 195 Å². The molecule has 34 heavy (non-hydrogen) atoms. The molecule has 186 valence electrons. The van der Waals surface area contributed by atoms with Crippen LogP contribution in [0.25, 0.3) is 0 Å². The molecule has 0 bridgehead atoms. The van der Waals surface area contributed by atoms with Crippen LogP contribution in [0.4, 0.5) is 13.2 Å². The smallest absolute Gasteiger partial charge is 0.503 e. The van der Waals surface area contributed by atoms with Crippen LogP contribution in [-0.4, -0.2) is 47.6 Å². The van der Waals surface area contributed by atoms with Gasteiger partial charge >= 0.3 is 12.3 Å². The molecule has 0 fully saturated rings. The highest BCUT2D eigenvalue weighted by Crippen LogP contribution is 2.32. The third-order valence-electron chi connectivity index (χ3n) is 5.05. The SMILES string of the molecule is COc1ccnc(C(=O)N[C@@H](C)C(=O)O[C@@H](C)[C@H](c2ccc(OC(F)(F)F)cc2)C(C)C)c1O. The first-order valence-electron chi connectivity index (χ1n) is 10.4. The summed E-state index contributed by atoms with van der Waals surface area (Å²) in [7, 11) is 1.32. The van der Waals surface area contributed by atoms with Gasteiger partial charge in [-0.2, -0.15) is 0 Å². The average Bonchev–Trinajstić information content (AvgIpc) is 2.73. The van der Waals surface area contributed by atoms with Crippen LogP contribution in [0.1, 0.15) is 49.7 Å². The monoisotopic (exact) mass is 484 g/mol. The Bertz CT molecular complexity index is 995. The lowest BCUT2D eigenvalue weighted by atomic mass is 9.84. The van der Waals surface area contributed by atoms with E-state index in [4.69, 9.17) is 9.47 Å². The Morgan fingerprint density at radius 1 is 1.06 bits per heavy atom. The number of aromatic hydroxyl groups is 1. The molecule has 0 saturated carbocycles. The third-order valence-corrected chi connectivity index (χ3v) is 5.05. The Kier molecular flexibility index (Phi) is 8.72. The number of ether oxygens (including phenoxy) is 3. The number of alkyl halides is 3. The normalized spacial score (nSPS) is 14.1. The minimum Gasteiger partial charge on any atom is -0.503 e. The van der Waals surface area contributed by atoms with Crippen molar-refractivity contribution in [2.75, 3.05) is 7.11 Å². The van der Waals surface area contributed by atoms with Crippen molar-refractivity contribution in [1.82, 2.24) is 10.3 Å². The molecule has 0 aliphatic carbocycles. The standard InChI is InChI=1S/C23H27F3N2O6/c1-12(2)18(15-6-8-16(9-7-15)34-23(24,25)26)14(4)33-22(31)13(3)28-21(30)19-20(29)17(32-5)10-11-27-19/h6-14,18,29H,1-5H3,(H,28,30)/t13-,14-,18+/m0/s1. The van der Waals surface area contributed by atoms with Crippen LogP contribution in [0, 0.1) is 5.92 Å². The molecule has 1 heterocycles. The maximum atomic E-state index is 12.6. The van der Waals surface area contributed by atoms with E-state index < -0.39 is 36.1 Å². The summed E-state index contributed by atoms with van der Waals surface area (Å²) in [5.74, 6) is -2.66. The molecule has 2 rings (SSSR count). The van der Waals surface area contributed by atoms with E-state index in [0.29, 0.717) is 5.56 Å². The van der Waals surface area contributed by atoms with Gasteiger partial charge in [0.1, 0.15) is 17.9 Å². The Hall–Kier alpha value is -3.50. The number of aromatic nitrogens is 1. The number of amides is 1. The molecular weight excluding hydrogens is 457 g/mol. The van der Waals surface area contributed by atoms with E-state index in [1.54, 1.807) is 6.92 Å². The van der Waals surface area contributed by atoms with Crippen molar-refractivity contribution in [2.45, 2.75) is 52.1 Å². The summed E-state index contributed by atoms with van der Waals surface area (Å²) in [6.45, 7) is 6.85. The van der Waals surface area contributed by atoms with E-state index in [0.717, 1.165) is 0 Å². The number of nitrogens with one attached hydrogen (secondary N) is 1. The van der Waals surface area contributed by atoms with Gasteiger partial charge in [-0.1, -0.05) is 26.0 Å². The van der Waals surface area contributed by atoms with E-state index in [1.165, 1.54) is 50.6 Å². The van der Waals surface area contributed by atoms with Crippen molar-refractivity contribution >= 4 is 11.9 Å². The third kappa shape index (κ3) is 7.00. The van der Waals surface area contributed by atoms with Crippen LogP contribution >= 0.6 is 0 Å². The molecule has 11 heteroatoms. The fourth-order valence-corrected chi connectivity index (χ4v) is 3.54. The second kappa shape index (κ2) is 11.1. The van der Waals surface area contributed by atoms with E-state index in [2.05, 4.69) is 15.0 Å². The second-order valence-corrected chi connectivity index (χ2v) is 7.93. The minimum atomic E-state index is -4.79. The number of hydrogen-bond acceptors (Lipinski definition) is 7. The molecule has 1 amide bonds. The minimum absolute atomic E-state index is 0.0278. The largest absolute Gasteiger partial charge is 0.573 e. The van der Waals surface area contributed by atoms with Gasteiger partial charge in [-0.15, -0.1) is 13.2 Å². The molecule has 1 aromatic heterocycles. The molecule has 0 spiro atoms. The number of esters is 1. The molecule has 0 unspecified atom stereocenters. The molecule has 3 atom stereocenters. The summed E-state index contributed by atoms with van der Waals surface area (Å²) in [5, 5.41) is 12.5. The Morgan fingerprint density at radius 3 is 2.21 bits per heavy atom. The van der Waals surface area contributed by atoms with Crippen molar-refractivity contribution in [3.63, 3.8) is 0 Å². The average molecular weight is 484 g/mol. The van der Waals surface area contributed by atoms with Gasteiger partial charge in [0.15, 0.2) is 17.2 Å². The first-order valence-corrected chi connectivity index (χ1v) is 10.4. The van der Waals surface area contributed by atoms with Crippen molar-refractivity contribution in [1.29, 1.82) is 0 Å². The fraction of sp³-hybridized carbons (Fsp3) is 0.435. The quantitative estimate of drug-likeness (QED) is 0.514. The van der Waals surface area contributed by atoms with Crippen molar-refractivity contribution < 1.29 is 42.1 Å². The number of halogens is 3. The second-order valence-electron chi connectivity index (χ2n) is 7.93. The number of benzene rings is 1. The number of carbonyl (C=O) groups excluding carboxylic acids is 2. The van der Waals surface area contributed by atoms with Gasteiger partial charge in [-0.25, -0.2) is 9.78 Å². The molecule has 8 nitrogen and oxygen atoms in total. The van der Waals surface area contributed by atoms with Gasteiger partial charge in [0.05, 0.1) is 7.11 Å². The van der Waals surface area contributed by atoms with Gasteiger partial charge < -0.3 is 24.6 Å². The molecule has 0 aliphatic rings. The number of carbonyl (C=O) groups is 2. The summed E-state index contributed by atoms with van der Waals surface area (Å²) < 4.78 is 51.6. The van der Waals surface area contributed by atoms with Gasteiger partial charge in [-0.3, -0.25) is 4.79 Å². The zero-order valence-electron chi connectivity index (χ0n) is 19.3. The number of pyridine rings is 1. The number of rotatable bonds is 9. The van der Waals surface area contributed by atoms with Crippen LogP contribution in [0.3, 0.4) is 0 Å². The van der Waals surface area contributed by atoms with Crippen LogP contribution in [0.15, 0.2) is 36.5 Å². The van der Waals surface area contributed by atoms with E-state index in [9.17, 15) is 27.9 Å².